The highest BCUT2D eigenvalue weighted by atomic mass is 15.1. The second-order valence-corrected chi connectivity index (χ2v) is 6.67. The normalized spacial score (nSPS) is 16.1. The lowest BCUT2D eigenvalue weighted by atomic mass is 9.89. The van der Waals surface area contributed by atoms with Gasteiger partial charge >= 0.3 is 0 Å². The highest BCUT2D eigenvalue weighted by Gasteiger charge is 2.15. The first-order chi connectivity index (χ1) is 10.2. The van der Waals surface area contributed by atoms with Crippen molar-refractivity contribution in [3.63, 3.8) is 0 Å². The van der Waals surface area contributed by atoms with E-state index in [1.807, 2.05) is 0 Å². The summed E-state index contributed by atoms with van der Waals surface area (Å²) in [4.78, 5) is 2.45. The maximum Gasteiger partial charge on any atom is 0.0366 e. The molecule has 1 fully saturated rings. The van der Waals surface area contributed by atoms with Crippen LogP contribution in [0.1, 0.15) is 56.6 Å². The second-order valence-electron chi connectivity index (χ2n) is 6.67. The minimum Gasteiger partial charge on any atom is -0.374 e. The molecular formula is C19H32N2. The van der Waals surface area contributed by atoms with Crippen molar-refractivity contribution in [3.8, 4) is 0 Å². The Labute approximate surface area is 130 Å². The van der Waals surface area contributed by atoms with Crippen molar-refractivity contribution in [1.29, 1.82) is 0 Å². The van der Waals surface area contributed by atoms with E-state index in [4.69, 9.17) is 0 Å². The Kier molecular flexibility index (Phi) is 6.56. The minimum atomic E-state index is 0.898. The van der Waals surface area contributed by atoms with Crippen molar-refractivity contribution in [2.24, 2.45) is 5.92 Å². The predicted octanol–water partition coefficient (Wildman–Crippen LogP) is 4.51. The van der Waals surface area contributed by atoms with E-state index in [0.717, 1.165) is 19.0 Å². The van der Waals surface area contributed by atoms with Gasteiger partial charge < -0.3 is 10.2 Å². The van der Waals surface area contributed by atoms with Crippen LogP contribution >= 0.6 is 0 Å². The summed E-state index contributed by atoms with van der Waals surface area (Å²) in [5.41, 5.74) is 4.21. The first kappa shape index (κ1) is 16.4. The number of rotatable bonds is 7. The molecule has 0 radical (unpaired) electrons. The van der Waals surface area contributed by atoms with Gasteiger partial charge in [-0.05, 0) is 61.9 Å². The van der Waals surface area contributed by atoms with E-state index in [9.17, 15) is 0 Å². The zero-order valence-corrected chi connectivity index (χ0v) is 14.1. The minimum absolute atomic E-state index is 0.898. The molecule has 0 amide bonds. The summed E-state index contributed by atoms with van der Waals surface area (Å²) in [5, 5.41) is 3.49. The molecule has 1 aromatic rings. The van der Waals surface area contributed by atoms with E-state index in [1.165, 1.54) is 61.9 Å². The monoisotopic (exact) mass is 288 g/mol. The third-order valence-corrected chi connectivity index (χ3v) is 4.77. The number of benzene rings is 1. The van der Waals surface area contributed by atoms with Crippen molar-refractivity contribution in [2.75, 3.05) is 25.0 Å². The van der Waals surface area contributed by atoms with E-state index in [0.29, 0.717) is 0 Å². The van der Waals surface area contributed by atoms with Gasteiger partial charge in [0.25, 0.3) is 0 Å². The molecule has 2 nitrogen and oxygen atoms in total. The van der Waals surface area contributed by atoms with Gasteiger partial charge in [-0.3, -0.25) is 0 Å². The summed E-state index contributed by atoms with van der Waals surface area (Å²) in [5.74, 6) is 0.898. The van der Waals surface area contributed by atoms with E-state index < -0.39 is 0 Å². The quantitative estimate of drug-likeness (QED) is 0.743. The van der Waals surface area contributed by atoms with Gasteiger partial charge in [0, 0.05) is 25.8 Å². The van der Waals surface area contributed by atoms with Gasteiger partial charge in [-0.15, -0.1) is 0 Å². The molecule has 0 saturated heterocycles. The fraction of sp³-hybridized carbons (Fsp3) is 0.684. The zero-order valence-electron chi connectivity index (χ0n) is 14.1. The standard InChI is InChI=1S/C19H32N2/c1-4-12-20-14-18-10-11-19(13-16(18)2)21(3)15-17-8-6-5-7-9-17/h10-11,13,17,20H,4-9,12,14-15H2,1-3H3. The van der Waals surface area contributed by atoms with Crippen LogP contribution in [0.25, 0.3) is 0 Å². The van der Waals surface area contributed by atoms with Crippen LogP contribution in [-0.4, -0.2) is 20.1 Å². The Morgan fingerprint density at radius 1 is 1.19 bits per heavy atom. The Bertz CT molecular complexity index is 422. The summed E-state index contributed by atoms with van der Waals surface area (Å²) in [6.45, 7) is 7.76. The van der Waals surface area contributed by atoms with Gasteiger partial charge in [0.15, 0.2) is 0 Å². The maximum atomic E-state index is 3.49. The molecule has 0 spiro atoms. The summed E-state index contributed by atoms with van der Waals surface area (Å²) in [6, 6.07) is 6.94. The van der Waals surface area contributed by atoms with Crippen molar-refractivity contribution in [1.82, 2.24) is 5.32 Å². The first-order valence-electron chi connectivity index (χ1n) is 8.72. The van der Waals surface area contributed by atoms with E-state index >= 15 is 0 Å². The van der Waals surface area contributed by atoms with Gasteiger partial charge in [0.05, 0.1) is 0 Å². The lowest BCUT2D eigenvalue weighted by Crippen LogP contribution is -2.27. The van der Waals surface area contributed by atoms with Gasteiger partial charge in [-0.1, -0.05) is 32.3 Å². The molecular weight excluding hydrogens is 256 g/mol. The average molecular weight is 288 g/mol. The Morgan fingerprint density at radius 2 is 1.95 bits per heavy atom. The molecule has 0 aromatic heterocycles. The van der Waals surface area contributed by atoms with Gasteiger partial charge in [0.2, 0.25) is 0 Å². The molecule has 0 heterocycles. The van der Waals surface area contributed by atoms with Crippen LogP contribution < -0.4 is 10.2 Å². The maximum absolute atomic E-state index is 3.49. The van der Waals surface area contributed by atoms with Crippen LogP contribution in [0.3, 0.4) is 0 Å². The first-order valence-corrected chi connectivity index (χ1v) is 8.72. The molecule has 2 heteroatoms. The number of anilines is 1. The smallest absolute Gasteiger partial charge is 0.0366 e. The molecule has 1 aliphatic rings. The molecule has 21 heavy (non-hydrogen) atoms. The molecule has 2 rings (SSSR count). The van der Waals surface area contributed by atoms with Gasteiger partial charge in [-0.25, -0.2) is 0 Å². The van der Waals surface area contributed by atoms with Gasteiger partial charge in [-0.2, -0.15) is 0 Å². The fourth-order valence-corrected chi connectivity index (χ4v) is 3.38. The number of hydrogen-bond donors (Lipinski definition) is 1. The number of nitrogens with zero attached hydrogens (tertiary/aromatic N) is 1. The van der Waals surface area contributed by atoms with Crippen molar-refractivity contribution >= 4 is 5.69 Å². The molecule has 1 saturated carbocycles. The zero-order chi connectivity index (χ0) is 15.1. The fourth-order valence-electron chi connectivity index (χ4n) is 3.38. The second kappa shape index (κ2) is 8.43. The van der Waals surface area contributed by atoms with Crippen LogP contribution in [0.2, 0.25) is 0 Å². The highest BCUT2D eigenvalue weighted by molar-refractivity contribution is 5.50. The number of hydrogen-bond acceptors (Lipinski definition) is 2. The van der Waals surface area contributed by atoms with Crippen LogP contribution in [0.4, 0.5) is 5.69 Å². The highest BCUT2D eigenvalue weighted by Crippen LogP contribution is 2.26. The van der Waals surface area contributed by atoms with Crippen LogP contribution in [0, 0.1) is 12.8 Å². The molecule has 1 aromatic carbocycles. The lowest BCUT2D eigenvalue weighted by Gasteiger charge is -2.28. The van der Waals surface area contributed by atoms with Crippen LogP contribution in [-0.2, 0) is 6.54 Å². The molecule has 1 N–H and O–H groups in total. The van der Waals surface area contributed by atoms with E-state index in [2.05, 4.69) is 49.3 Å². The van der Waals surface area contributed by atoms with Crippen molar-refractivity contribution in [2.45, 2.75) is 58.9 Å². The molecule has 1 aliphatic carbocycles. The van der Waals surface area contributed by atoms with Gasteiger partial charge in [0.1, 0.15) is 0 Å². The summed E-state index contributed by atoms with van der Waals surface area (Å²) in [7, 11) is 2.25. The topological polar surface area (TPSA) is 15.3 Å². The Balaban J connectivity index is 1.91. The van der Waals surface area contributed by atoms with Crippen molar-refractivity contribution < 1.29 is 0 Å². The average Bonchev–Trinajstić information content (AvgIpc) is 2.50. The molecule has 0 aliphatic heterocycles. The summed E-state index contributed by atoms with van der Waals surface area (Å²) in [6.07, 6.45) is 8.34. The predicted molar refractivity (Wildman–Crippen MR) is 93.0 cm³/mol. The lowest BCUT2D eigenvalue weighted by molar-refractivity contribution is 0.362. The molecule has 0 atom stereocenters. The summed E-state index contributed by atoms with van der Waals surface area (Å²) >= 11 is 0. The summed E-state index contributed by atoms with van der Waals surface area (Å²) < 4.78 is 0. The number of aryl methyl sites for hydroxylation is 1. The number of nitrogens with one attached hydrogen (secondary N) is 1. The van der Waals surface area contributed by atoms with Crippen LogP contribution in [0.5, 0.6) is 0 Å². The Morgan fingerprint density at radius 3 is 2.62 bits per heavy atom. The van der Waals surface area contributed by atoms with Crippen molar-refractivity contribution in [3.05, 3.63) is 29.3 Å². The molecule has 118 valence electrons. The Hall–Kier alpha value is -1.02. The van der Waals surface area contributed by atoms with E-state index in [1.54, 1.807) is 0 Å². The van der Waals surface area contributed by atoms with E-state index in [-0.39, 0.29) is 0 Å². The third-order valence-electron chi connectivity index (χ3n) is 4.77. The van der Waals surface area contributed by atoms with Crippen LogP contribution in [0.15, 0.2) is 18.2 Å². The largest absolute Gasteiger partial charge is 0.374 e. The SMILES string of the molecule is CCCNCc1ccc(N(C)CC2CCCCC2)cc1C. The molecule has 0 unspecified atom stereocenters. The third kappa shape index (κ3) is 5.03. The molecule has 0 bridgehead atoms.